The highest BCUT2D eigenvalue weighted by Crippen LogP contribution is 2.28. The van der Waals surface area contributed by atoms with Gasteiger partial charge in [-0.25, -0.2) is 4.98 Å². The van der Waals surface area contributed by atoms with Crippen LogP contribution in [0, 0.1) is 5.92 Å². The van der Waals surface area contributed by atoms with Crippen LogP contribution >= 0.6 is 11.6 Å². The molecule has 5 heteroatoms. The average molecular weight is 358 g/mol. The summed E-state index contributed by atoms with van der Waals surface area (Å²) in [5, 5.41) is 0.646. The number of benzene rings is 1. The van der Waals surface area contributed by atoms with Gasteiger partial charge in [0.05, 0.1) is 10.9 Å². The molecule has 4 nitrogen and oxygen atoms in total. The van der Waals surface area contributed by atoms with Gasteiger partial charge in [0.15, 0.2) is 0 Å². The van der Waals surface area contributed by atoms with Crippen molar-refractivity contribution in [3.05, 3.63) is 59.2 Å². The lowest BCUT2D eigenvalue weighted by atomic mass is 9.96. The molecule has 0 spiro atoms. The van der Waals surface area contributed by atoms with E-state index in [0.717, 1.165) is 30.8 Å². The van der Waals surface area contributed by atoms with Crippen molar-refractivity contribution < 1.29 is 4.79 Å². The largest absolute Gasteiger partial charge is 0.355 e. The van der Waals surface area contributed by atoms with Gasteiger partial charge in [-0.1, -0.05) is 41.9 Å². The number of aromatic nitrogens is 1. The zero-order valence-corrected chi connectivity index (χ0v) is 15.3. The Balaban J connectivity index is 1.69. The predicted octanol–water partition coefficient (Wildman–Crippen LogP) is 4.00. The summed E-state index contributed by atoms with van der Waals surface area (Å²) >= 11 is 6.28. The van der Waals surface area contributed by atoms with E-state index < -0.39 is 0 Å². The third kappa shape index (κ3) is 4.31. The lowest BCUT2D eigenvalue weighted by Crippen LogP contribution is -2.45. The van der Waals surface area contributed by atoms with Gasteiger partial charge in [0.2, 0.25) is 5.91 Å². The maximum absolute atomic E-state index is 13.0. The van der Waals surface area contributed by atoms with Crippen LogP contribution in [-0.2, 0) is 11.3 Å². The molecule has 1 aliphatic heterocycles. The summed E-state index contributed by atoms with van der Waals surface area (Å²) in [7, 11) is 0. The predicted molar refractivity (Wildman–Crippen MR) is 102 cm³/mol. The summed E-state index contributed by atoms with van der Waals surface area (Å²) in [6, 6.07) is 13.8. The van der Waals surface area contributed by atoms with Crippen molar-refractivity contribution in [1.82, 2.24) is 9.88 Å². The second kappa shape index (κ2) is 8.34. The molecule has 2 aromatic rings. The summed E-state index contributed by atoms with van der Waals surface area (Å²) in [5.41, 5.74) is 1.16. The summed E-state index contributed by atoms with van der Waals surface area (Å²) in [6.07, 6.45) is 3.65. The minimum absolute atomic E-state index is 0.00418. The van der Waals surface area contributed by atoms with Crippen LogP contribution in [-0.4, -0.2) is 35.4 Å². The molecule has 3 rings (SSSR count). The molecule has 1 aromatic carbocycles. The van der Waals surface area contributed by atoms with Gasteiger partial charge in [-0.2, -0.15) is 0 Å². The summed E-state index contributed by atoms with van der Waals surface area (Å²) in [4.78, 5) is 21.5. The number of carbonyl (C=O) groups is 1. The molecule has 25 heavy (non-hydrogen) atoms. The Bertz CT molecular complexity index is 707. The molecule has 1 saturated heterocycles. The molecule has 1 unspecified atom stereocenters. The van der Waals surface area contributed by atoms with Crippen LogP contribution in [0.25, 0.3) is 0 Å². The van der Waals surface area contributed by atoms with Crippen molar-refractivity contribution in [3.63, 3.8) is 0 Å². The summed E-state index contributed by atoms with van der Waals surface area (Å²) < 4.78 is 0. The molecular weight excluding hydrogens is 334 g/mol. The Labute approximate surface area is 154 Å². The van der Waals surface area contributed by atoms with Gasteiger partial charge in [0, 0.05) is 32.4 Å². The van der Waals surface area contributed by atoms with Gasteiger partial charge < -0.3 is 9.80 Å². The Hall–Kier alpha value is -2.07. The van der Waals surface area contributed by atoms with Crippen LogP contribution in [0.1, 0.15) is 25.3 Å². The normalized spacial score (nSPS) is 17.4. The van der Waals surface area contributed by atoms with Crippen molar-refractivity contribution in [2.24, 2.45) is 5.92 Å². The number of nitrogens with zero attached hydrogens (tertiary/aromatic N) is 3. The van der Waals surface area contributed by atoms with Crippen molar-refractivity contribution >= 4 is 23.3 Å². The topological polar surface area (TPSA) is 36.4 Å². The van der Waals surface area contributed by atoms with Crippen LogP contribution < -0.4 is 4.90 Å². The SMILES string of the molecule is CCN(Cc1ccccc1)C(=O)C1CCCN(c2ncccc2Cl)C1. The van der Waals surface area contributed by atoms with E-state index >= 15 is 0 Å². The van der Waals surface area contributed by atoms with Crippen molar-refractivity contribution in [2.75, 3.05) is 24.5 Å². The lowest BCUT2D eigenvalue weighted by Gasteiger charge is -2.35. The minimum atomic E-state index is -0.00418. The maximum atomic E-state index is 13.0. The first-order valence-electron chi connectivity index (χ1n) is 8.87. The van der Waals surface area contributed by atoms with Crippen LogP contribution in [0.15, 0.2) is 48.7 Å². The van der Waals surface area contributed by atoms with E-state index in [9.17, 15) is 4.79 Å². The second-order valence-electron chi connectivity index (χ2n) is 6.43. The Morgan fingerprint density at radius 1 is 1.28 bits per heavy atom. The first kappa shape index (κ1) is 17.7. The van der Waals surface area contributed by atoms with Gasteiger partial charge in [-0.3, -0.25) is 4.79 Å². The van der Waals surface area contributed by atoms with Crippen LogP contribution in [0.5, 0.6) is 0 Å². The number of halogens is 1. The van der Waals surface area contributed by atoms with Gasteiger partial charge >= 0.3 is 0 Å². The standard InChI is InChI=1S/C20H24ClN3O/c1-2-23(14-16-8-4-3-5-9-16)20(25)17-10-7-13-24(15-17)19-18(21)11-6-12-22-19/h3-6,8-9,11-12,17H,2,7,10,13-15H2,1H3. The van der Waals surface area contributed by atoms with E-state index in [1.165, 1.54) is 0 Å². The molecule has 1 atom stereocenters. The molecule has 1 aliphatic rings. The highest BCUT2D eigenvalue weighted by molar-refractivity contribution is 6.32. The average Bonchev–Trinajstić information content (AvgIpc) is 2.67. The number of rotatable bonds is 5. The minimum Gasteiger partial charge on any atom is -0.355 e. The van der Waals surface area contributed by atoms with E-state index in [4.69, 9.17) is 11.6 Å². The maximum Gasteiger partial charge on any atom is 0.227 e. The number of anilines is 1. The molecule has 0 bridgehead atoms. The molecular formula is C20H24ClN3O. The van der Waals surface area contributed by atoms with Crippen LogP contribution in [0.4, 0.5) is 5.82 Å². The molecule has 132 valence electrons. The smallest absolute Gasteiger partial charge is 0.227 e. The molecule has 1 aromatic heterocycles. The molecule has 0 saturated carbocycles. The monoisotopic (exact) mass is 357 g/mol. The first-order chi connectivity index (χ1) is 12.2. The first-order valence-corrected chi connectivity index (χ1v) is 9.25. The third-order valence-corrected chi connectivity index (χ3v) is 5.01. The lowest BCUT2D eigenvalue weighted by molar-refractivity contribution is -0.136. The van der Waals surface area contributed by atoms with Crippen molar-refractivity contribution in [3.8, 4) is 0 Å². The summed E-state index contributed by atoms with van der Waals surface area (Å²) in [6.45, 7) is 4.99. The highest BCUT2D eigenvalue weighted by atomic mass is 35.5. The quantitative estimate of drug-likeness (QED) is 0.811. The summed E-state index contributed by atoms with van der Waals surface area (Å²) in [5.74, 6) is 1.01. The van der Waals surface area contributed by atoms with E-state index in [0.29, 0.717) is 24.7 Å². The Kier molecular flexibility index (Phi) is 5.92. The van der Waals surface area contributed by atoms with E-state index in [1.54, 1.807) is 6.20 Å². The Morgan fingerprint density at radius 3 is 2.80 bits per heavy atom. The fourth-order valence-corrected chi connectivity index (χ4v) is 3.63. The molecule has 0 radical (unpaired) electrons. The third-order valence-electron chi connectivity index (χ3n) is 4.72. The molecule has 2 heterocycles. The molecule has 0 N–H and O–H groups in total. The fourth-order valence-electron chi connectivity index (χ4n) is 3.39. The molecule has 0 aliphatic carbocycles. The van der Waals surface area contributed by atoms with Crippen LogP contribution in [0.2, 0.25) is 5.02 Å². The van der Waals surface area contributed by atoms with Crippen molar-refractivity contribution in [2.45, 2.75) is 26.3 Å². The van der Waals surface area contributed by atoms with Gasteiger partial charge in [0.25, 0.3) is 0 Å². The van der Waals surface area contributed by atoms with Gasteiger partial charge in [-0.15, -0.1) is 0 Å². The van der Waals surface area contributed by atoms with Crippen LogP contribution in [0.3, 0.4) is 0 Å². The van der Waals surface area contributed by atoms with Crippen molar-refractivity contribution in [1.29, 1.82) is 0 Å². The zero-order chi connectivity index (χ0) is 17.6. The van der Waals surface area contributed by atoms with Gasteiger partial charge in [0.1, 0.15) is 5.82 Å². The van der Waals surface area contributed by atoms with E-state index in [1.807, 2.05) is 42.2 Å². The van der Waals surface area contributed by atoms with Gasteiger partial charge in [-0.05, 0) is 37.5 Å². The molecule has 1 amide bonds. The molecule has 1 fully saturated rings. The number of piperidine rings is 1. The zero-order valence-electron chi connectivity index (χ0n) is 14.6. The van der Waals surface area contributed by atoms with E-state index in [-0.39, 0.29) is 11.8 Å². The Morgan fingerprint density at radius 2 is 2.08 bits per heavy atom. The number of hydrogen-bond donors (Lipinski definition) is 0. The van der Waals surface area contributed by atoms with E-state index in [2.05, 4.69) is 22.0 Å². The fraction of sp³-hybridized carbons (Fsp3) is 0.400. The number of pyridine rings is 1. The number of amides is 1. The number of carbonyl (C=O) groups excluding carboxylic acids is 1. The number of hydrogen-bond acceptors (Lipinski definition) is 3. The second-order valence-corrected chi connectivity index (χ2v) is 6.84. The highest BCUT2D eigenvalue weighted by Gasteiger charge is 2.30.